The van der Waals surface area contributed by atoms with Crippen molar-refractivity contribution in [2.45, 2.75) is 38.6 Å². The minimum atomic E-state index is 0.0781. The van der Waals surface area contributed by atoms with Gasteiger partial charge in [0.15, 0.2) is 5.78 Å². The van der Waals surface area contributed by atoms with Gasteiger partial charge in [-0.3, -0.25) is 4.79 Å². The predicted octanol–water partition coefficient (Wildman–Crippen LogP) is 2.80. The van der Waals surface area contributed by atoms with Gasteiger partial charge in [-0.15, -0.1) is 0 Å². The van der Waals surface area contributed by atoms with Gasteiger partial charge < -0.3 is 10.1 Å². The highest BCUT2D eigenvalue weighted by molar-refractivity contribution is 5.94. The summed E-state index contributed by atoms with van der Waals surface area (Å²) in [6.07, 6.45) is 4.89. The van der Waals surface area contributed by atoms with E-state index in [1.807, 2.05) is 24.3 Å². The van der Waals surface area contributed by atoms with E-state index < -0.39 is 0 Å². The van der Waals surface area contributed by atoms with E-state index in [2.05, 4.69) is 5.32 Å². The molecule has 0 bridgehead atoms. The molecule has 3 heteroatoms. The lowest BCUT2D eigenvalue weighted by Gasteiger charge is -2.23. The van der Waals surface area contributed by atoms with Crippen molar-refractivity contribution in [3.8, 4) is 5.75 Å². The van der Waals surface area contributed by atoms with Gasteiger partial charge in [-0.25, -0.2) is 0 Å². The van der Waals surface area contributed by atoms with Crippen LogP contribution in [0.2, 0.25) is 0 Å². The summed E-state index contributed by atoms with van der Waals surface area (Å²) in [5.41, 5.74) is 0.711. The van der Waals surface area contributed by atoms with Gasteiger partial charge in [-0.2, -0.15) is 0 Å². The molecule has 2 rings (SSSR count). The summed E-state index contributed by atoms with van der Waals surface area (Å²) in [5, 5.41) is 3.50. The first kappa shape index (κ1) is 13.1. The van der Waals surface area contributed by atoms with Crippen molar-refractivity contribution in [3.63, 3.8) is 0 Å². The van der Waals surface area contributed by atoms with Crippen molar-refractivity contribution >= 4 is 5.78 Å². The van der Waals surface area contributed by atoms with Crippen molar-refractivity contribution in [1.82, 2.24) is 5.32 Å². The first-order chi connectivity index (χ1) is 8.75. The van der Waals surface area contributed by atoms with Gasteiger partial charge >= 0.3 is 0 Å². The summed E-state index contributed by atoms with van der Waals surface area (Å²) in [4.78, 5) is 11.3. The van der Waals surface area contributed by atoms with Crippen molar-refractivity contribution in [2.75, 3.05) is 13.2 Å². The average molecular weight is 247 g/mol. The predicted molar refractivity (Wildman–Crippen MR) is 72.2 cm³/mol. The fourth-order valence-corrected chi connectivity index (χ4v) is 2.29. The van der Waals surface area contributed by atoms with Crippen LogP contribution in [0.3, 0.4) is 0 Å². The Hall–Kier alpha value is -1.35. The highest BCUT2D eigenvalue weighted by Gasteiger charge is 2.12. The molecule has 0 saturated carbocycles. The lowest BCUT2D eigenvalue weighted by atomic mass is 10.0. The summed E-state index contributed by atoms with van der Waals surface area (Å²) in [6, 6.07) is 8.00. The van der Waals surface area contributed by atoms with Crippen LogP contribution in [0.5, 0.6) is 5.75 Å². The van der Waals surface area contributed by atoms with Crippen molar-refractivity contribution < 1.29 is 9.53 Å². The molecule has 98 valence electrons. The average Bonchev–Trinajstić information content (AvgIpc) is 2.40. The minimum Gasteiger partial charge on any atom is -0.494 e. The van der Waals surface area contributed by atoms with Crippen LogP contribution in [0.25, 0.3) is 0 Å². The summed E-state index contributed by atoms with van der Waals surface area (Å²) in [7, 11) is 0. The van der Waals surface area contributed by atoms with Crippen molar-refractivity contribution in [3.05, 3.63) is 29.8 Å². The van der Waals surface area contributed by atoms with Crippen molar-refractivity contribution in [2.24, 2.45) is 0 Å². The van der Waals surface area contributed by atoms with E-state index in [0.29, 0.717) is 18.2 Å². The van der Waals surface area contributed by atoms with Gasteiger partial charge in [0.05, 0.1) is 6.61 Å². The first-order valence-electron chi connectivity index (χ1n) is 6.73. The van der Waals surface area contributed by atoms with Crippen LogP contribution in [-0.2, 0) is 0 Å². The summed E-state index contributed by atoms with van der Waals surface area (Å²) >= 11 is 0. The highest BCUT2D eigenvalue weighted by Crippen LogP contribution is 2.15. The Bertz CT molecular complexity index is 397. The lowest BCUT2D eigenvalue weighted by Crippen LogP contribution is -2.35. The molecule has 1 aliphatic rings. The molecule has 0 radical (unpaired) electrons. The Labute approximate surface area is 109 Å². The maximum atomic E-state index is 11.3. The lowest BCUT2D eigenvalue weighted by molar-refractivity contribution is 0.101. The first-order valence-corrected chi connectivity index (χ1v) is 6.73. The smallest absolute Gasteiger partial charge is 0.159 e. The highest BCUT2D eigenvalue weighted by atomic mass is 16.5. The van der Waals surface area contributed by atoms with Crippen LogP contribution >= 0.6 is 0 Å². The van der Waals surface area contributed by atoms with E-state index in [9.17, 15) is 4.79 Å². The molecule has 1 aromatic carbocycles. The zero-order valence-electron chi connectivity index (χ0n) is 10.9. The number of ether oxygens (including phenoxy) is 1. The molecular weight excluding hydrogens is 226 g/mol. The second-order valence-electron chi connectivity index (χ2n) is 4.87. The third-order valence-corrected chi connectivity index (χ3v) is 3.39. The Morgan fingerprint density at radius 1 is 1.44 bits per heavy atom. The Morgan fingerprint density at radius 2 is 2.33 bits per heavy atom. The summed E-state index contributed by atoms with van der Waals surface area (Å²) in [6.45, 7) is 3.41. The molecule has 1 heterocycles. The molecule has 0 spiro atoms. The Kier molecular flexibility index (Phi) is 4.76. The molecule has 1 unspecified atom stereocenters. The van der Waals surface area contributed by atoms with E-state index >= 15 is 0 Å². The Balaban J connectivity index is 1.78. The molecule has 1 aromatic rings. The molecule has 1 saturated heterocycles. The fraction of sp³-hybridized carbons (Fsp3) is 0.533. The van der Waals surface area contributed by atoms with E-state index in [-0.39, 0.29) is 5.78 Å². The van der Waals surface area contributed by atoms with Gasteiger partial charge in [-0.05, 0) is 44.9 Å². The third-order valence-electron chi connectivity index (χ3n) is 3.39. The maximum Gasteiger partial charge on any atom is 0.159 e. The van der Waals surface area contributed by atoms with E-state index in [0.717, 1.165) is 18.7 Å². The number of Topliss-reactive ketones (excluding diaryl/α,β-unsaturated/α-hetero) is 1. The van der Waals surface area contributed by atoms with E-state index in [4.69, 9.17) is 4.74 Å². The Morgan fingerprint density at radius 3 is 3.06 bits per heavy atom. The van der Waals surface area contributed by atoms with Gasteiger partial charge in [0.2, 0.25) is 0 Å². The molecule has 1 atom stereocenters. The molecule has 0 amide bonds. The number of rotatable bonds is 5. The standard InChI is InChI=1S/C15H21NO2/c1-12(17)13-5-4-7-15(11-13)18-10-8-14-6-2-3-9-16-14/h4-5,7,11,14,16H,2-3,6,8-10H2,1H3. The third kappa shape index (κ3) is 3.84. The largest absolute Gasteiger partial charge is 0.494 e. The molecule has 1 fully saturated rings. The second kappa shape index (κ2) is 6.55. The zero-order valence-corrected chi connectivity index (χ0v) is 10.9. The van der Waals surface area contributed by atoms with Crippen LogP contribution in [0.15, 0.2) is 24.3 Å². The van der Waals surface area contributed by atoms with Gasteiger partial charge in [-0.1, -0.05) is 18.6 Å². The molecule has 1 N–H and O–H groups in total. The number of ketones is 1. The molecule has 3 nitrogen and oxygen atoms in total. The number of carbonyl (C=O) groups excluding carboxylic acids is 1. The monoisotopic (exact) mass is 247 g/mol. The van der Waals surface area contributed by atoms with Crippen LogP contribution in [-0.4, -0.2) is 25.0 Å². The van der Waals surface area contributed by atoms with Gasteiger partial charge in [0.25, 0.3) is 0 Å². The van der Waals surface area contributed by atoms with Crippen LogP contribution in [0.4, 0.5) is 0 Å². The topological polar surface area (TPSA) is 38.3 Å². The number of nitrogens with one attached hydrogen (secondary N) is 1. The summed E-state index contributed by atoms with van der Waals surface area (Å²) < 4.78 is 5.71. The number of carbonyl (C=O) groups is 1. The molecule has 0 aromatic heterocycles. The zero-order chi connectivity index (χ0) is 12.8. The van der Waals surface area contributed by atoms with E-state index in [1.54, 1.807) is 6.92 Å². The van der Waals surface area contributed by atoms with Crippen molar-refractivity contribution in [1.29, 1.82) is 0 Å². The second-order valence-corrected chi connectivity index (χ2v) is 4.87. The molecule has 18 heavy (non-hydrogen) atoms. The molecular formula is C15H21NO2. The molecule has 0 aliphatic carbocycles. The number of hydrogen-bond donors (Lipinski definition) is 1. The van der Waals surface area contributed by atoms with Gasteiger partial charge in [0, 0.05) is 11.6 Å². The fourth-order valence-electron chi connectivity index (χ4n) is 2.29. The van der Waals surface area contributed by atoms with Gasteiger partial charge in [0.1, 0.15) is 5.75 Å². The quantitative estimate of drug-likeness (QED) is 0.813. The normalized spacial score (nSPS) is 19.5. The van der Waals surface area contributed by atoms with Crippen LogP contribution in [0.1, 0.15) is 43.0 Å². The number of piperidine rings is 1. The number of benzene rings is 1. The van der Waals surface area contributed by atoms with Crippen LogP contribution < -0.4 is 10.1 Å². The SMILES string of the molecule is CC(=O)c1cccc(OCCC2CCCCN2)c1. The number of hydrogen-bond acceptors (Lipinski definition) is 3. The minimum absolute atomic E-state index is 0.0781. The summed E-state index contributed by atoms with van der Waals surface area (Å²) in [5.74, 6) is 0.868. The van der Waals surface area contributed by atoms with E-state index in [1.165, 1.54) is 19.3 Å². The molecule has 1 aliphatic heterocycles. The van der Waals surface area contributed by atoms with Crippen LogP contribution in [0, 0.1) is 0 Å². The maximum absolute atomic E-state index is 11.3.